The van der Waals surface area contributed by atoms with Crippen LogP contribution in [-0.2, 0) is 16.0 Å². The summed E-state index contributed by atoms with van der Waals surface area (Å²) >= 11 is 0. The lowest BCUT2D eigenvalue weighted by Gasteiger charge is -2.32. The minimum atomic E-state index is -1.35. The van der Waals surface area contributed by atoms with Crippen LogP contribution in [0.25, 0.3) is 0 Å². The summed E-state index contributed by atoms with van der Waals surface area (Å²) in [6.45, 7) is 2.05. The number of ether oxygens (including phenoxy) is 2. The zero-order valence-electron chi connectivity index (χ0n) is 18.5. The highest BCUT2D eigenvalue weighted by Gasteiger charge is 2.42. The quantitative estimate of drug-likeness (QED) is 0.428. The summed E-state index contributed by atoms with van der Waals surface area (Å²) in [4.78, 5) is 38.1. The summed E-state index contributed by atoms with van der Waals surface area (Å²) in [5, 5.41) is 41.3. The van der Waals surface area contributed by atoms with E-state index in [0.29, 0.717) is 0 Å². The first-order valence-electron chi connectivity index (χ1n) is 10.4. The number of hydrogen-bond acceptors (Lipinski definition) is 9. The Morgan fingerprint density at radius 3 is 2.27 bits per heavy atom. The van der Waals surface area contributed by atoms with Gasteiger partial charge in [-0.1, -0.05) is 12.1 Å². The second-order valence-corrected chi connectivity index (χ2v) is 7.73. The van der Waals surface area contributed by atoms with E-state index in [1.807, 2.05) is 6.92 Å². The number of aromatic hydroxyl groups is 2. The molecule has 2 atom stereocenters. The van der Waals surface area contributed by atoms with Gasteiger partial charge in [0.25, 0.3) is 0 Å². The zero-order chi connectivity index (χ0) is 24.4. The molecular weight excluding hydrogens is 432 g/mol. The van der Waals surface area contributed by atoms with Crippen LogP contribution < -0.4 is 4.74 Å². The molecule has 0 amide bonds. The number of rotatable bonds is 4. The second kappa shape index (κ2) is 9.70. The molecule has 0 spiro atoms. The molecule has 0 aliphatic heterocycles. The van der Waals surface area contributed by atoms with Gasteiger partial charge in [-0.05, 0) is 25.8 Å². The van der Waals surface area contributed by atoms with E-state index >= 15 is 0 Å². The summed E-state index contributed by atoms with van der Waals surface area (Å²) in [7, 11) is 3.02. The molecule has 0 saturated carbocycles. The van der Waals surface area contributed by atoms with Crippen LogP contribution in [-0.4, -0.2) is 65.2 Å². The van der Waals surface area contributed by atoms with Crippen LogP contribution in [0.2, 0.25) is 0 Å². The van der Waals surface area contributed by atoms with Crippen molar-refractivity contribution in [2.45, 2.75) is 25.9 Å². The average molecular weight is 458 g/mol. The molecule has 0 saturated heterocycles. The Morgan fingerprint density at radius 1 is 1.06 bits per heavy atom. The normalized spacial score (nSPS) is 18.5. The highest BCUT2D eigenvalue weighted by Crippen LogP contribution is 2.50. The molecule has 176 valence electrons. The topological polar surface area (TPSA) is 151 Å². The lowest BCUT2D eigenvalue weighted by atomic mass is 9.74. The van der Waals surface area contributed by atoms with Gasteiger partial charge in [-0.3, -0.25) is 14.4 Å². The minimum absolute atomic E-state index is 0.0239. The van der Waals surface area contributed by atoms with Crippen LogP contribution >= 0.6 is 0 Å². The van der Waals surface area contributed by atoms with E-state index in [0.717, 1.165) is 6.61 Å². The summed E-state index contributed by atoms with van der Waals surface area (Å²) < 4.78 is 9.72. The van der Waals surface area contributed by atoms with Gasteiger partial charge in [-0.2, -0.15) is 0 Å². The number of aliphatic hydroxyl groups is 2. The third kappa shape index (κ3) is 3.99. The molecular formula is C24H26O9. The van der Waals surface area contributed by atoms with Gasteiger partial charge in [0.1, 0.15) is 23.9 Å². The van der Waals surface area contributed by atoms with Crippen molar-refractivity contribution in [3.8, 4) is 17.2 Å². The predicted octanol–water partition coefficient (Wildman–Crippen LogP) is 1.69. The van der Waals surface area contributed by atoms with Crippen molar-refractivity contribution < 1.29 is 44.3 Å². The van der Waals surface area contributed by atoms with Gasteiger partial charge in [-0.25, -0.2) is 0 Å². The van der Waals surface area contributed by atoms with Crippen molar-refractivity contribution in [2.24, 2.45) is 5.92 Å². The number of Topliss-reactive ketones (excluding diaryl/α,β-unsaturated/α-hetero) is 1. The number of methoxy groups -OCH3 is 2. The second-order valence-electron chi connectivity index (χ2n) is 7.73. The molecule has 0 heterocycles. The molecule has 0 fully saturated rings. The van der Waals surface area contributed by atoms with Crippen LogP contribution in [0.4, 0.5) is 0 Å². The van der Waals surface area contributed by atoms with E-state index in [4.69, 9.17) is 9.84 Å². The van der Waals surface area contributed by atoms with Gasteiger partial charge in [-0.15, -0.1) is 0 Å². The number of benzene rings is 2. The van der Waals surface area contributed by atoms with E-state index in [9.17, 15) is 29.7 Å². The van der Waals surface area contributed by atoms with E-state index in [1.165, 1.54) is 25.3 Å². The molecule has 0 aromatic heterocycles. The number of carbonyl (C=O) groups excluding carboxylic acids is 3. The Balaban J connectivity index is 0.000000709. The summed E-state index contributed by atoms with van der Waals surface area (Å²) in [6, 6.07) is 4.46. The molecule has 4 rings (SSSR count). The molecule has 0 radical (unpaired) electrons. The number of aliphatic hydroxyl groups excluding tert-OH is 2. The fourth-order valence-corrected chi connectivity index (χ4v) is 4.28. The third-order valence-corrected chi connectivity index (χ3v) is 5.95. The standard InChI is InChI=1S/C21H18O8.C3H8O/c1-29-13-4-2-3-9-15(13)21(28)17-16(18(9)25)19(26)10-5-8(12(24)7-22)6-11(23)14(10)20(17)27;1-3-4-2/h2-4,8,11,22-23,26-27H,5-7H2,1H3;3H2,1-2H3. The maximum atomic E-state index is 13.1. The van der Waals surface area contributed by atoms with Crippen LogP contribution in [0, 0.1) is 5.92 Å². The molecule has 9 heteroatoms. The summed E-state index contributed by atoms with van der Waals surface area (Å²) in [5.74, 6) is -3.68. The maximum Gasteiger partial charge on any atom is 0.202 e. The van der Waals surface area contributed by atoms with Gasteiger partial charge >= 0.3 is 0 Å². The zero-order valence-corrected chi connectivity index (χ0v) is 18.5. The highest BCUT2D eigenvalue weighted by molar-refractivity contribution is 6.31. The first-order valence-corrected chi connectivity index (χ1v) is 10.4. The van der Waals surface area contributed by atoms with Gasteiger partial charge in [0, 0.05) is 36.3 Å². The number of carbonyl (C=O) groups is 3. The lowest BCUT2D eigenvalue weighted by molar-refractivity contribution is -0.127. The molecule has 9 nitrogen and oxygen atoms in total. The SMILES string of the molecule is CCOC.COc1cccc2c1C(=O)c1c(O)c3c(c(O)c1C2=O)CC(C(=O)CO)CC3O. The molecule has 33 heavy (non-hydrogen) atoms. The van der Waals surface area contributed by atoms with E-state index < -0.39 is 53.0 Å². The largest absolute Gasteiger partial charge is 0.507 e. The molecule has 2 aliphatic rings. The Bertz CT molecular complexity index is 1120. The minimum Gasteiger partial charge on any atom is -0.507 e. The predicted molar refractivity (Wildman–Crippen MR) is 116 cm³/mol. The molecule has 0 bridgehead atoms. The van der Waals surface area contributed by atoms with Crippen molar-refractivity contribution >= 4 is 17.3 Å². The number of ketones is 3. The molecule has 2 aromatic carbocycles. The van der Waals surface area contributed by atoms with E-state index in [2.05, 4.69) is 4.74 Å². The van der Waals surface area contributed by atoms with Gasteiger partial charge < -0.3 is 29.9 Å². The number of phenols is 2. The van der Waals surface area contributed by atoms with Gasteiger partial charge in [0.2, 0.25) is 5.78 Å². The average Bonchev–Trinajstić information content (AvgIpc) is 2.83. The van der Waals surface area contributed by atoms with Crippen molar-refractivity contribution in [2.75, 3.05) is 27.4 Å². The first-order chi connectivity index (χ1) is 15.7. The van der Waals surface area contributed by atoms with Crippen LogP contribution in [0.15, 0.2) is 18.2 Å². The Morgan fingerprint density at radius 2 is 1.70 bits per heavy atom. The third-order valence-electron chi connectivity index (χ3n) is 5.95. The van der Waals surface area contributed by atoms with Gasteiger partial charge in [0.05, 0.1) is 29.9 Å². The van der Waals surface area contributed by atoms with Crippen molar-refractivity contribution in [3.05, 3.63) is 51.6 Å². The summed E-state index contributed by atoms with van der Waals surface area (Å²) in [6.07, 6.45) is -1.51. The Kier molecular flexibility index (Phi) is 7.16. The fourth-order valence-electron chi connectivity index (χ4n) is 4.28. The van der Waals surface area contributed by atoms with Crippen LogP contribution in [0.1, 0.15) is 62.4 Å². The highest BCUT2D eigenvalue weighted by atomic mass is 16.5. The monoisotopic (exact) mass is 458 g/mol. The Hall–Kier alpha value is -3.27. The van der Waals surface area contributed by atoms with Crippen LogP contribution in [0.3, 0.4) is 0 Å². The fraction of sp³-hybridized carbons (Fsp3) is 0.375. The number of fused-ring (bicyclic) bond motifs is 3. The molecule has 4 N–H and O–H groups in total. The van der Waals surface area contributed by atoms with Gasteiger partial charge in [0.15, 0.2) is 11.6 Å². The molecule has 2 aromatic rings. The van der Waals surface area contributed by atoms with Crippen molar-refractivity contribution in [3.63, 3.8) is 0 Å². The van der Waals surface area contributed by atoms with Crippen molar-refractivity contribution in [1.29, 1.82) is 0 Å². The van der Waals surface area contributed by atoms with Crippen molar-refractivity contribution in [1.82, 2.24) is 0 Å². The summed E-state index contributed by atoms with van der Waals surface area (Å²) in [5.41, 5.74) is -0.816. The molecule has 2 aliphatic carbocycles. The maximum absolute atomic E-state index is 13.1. The Labute approximate surface area is 190 Å². The first kappa shape index (κ1) is 24.4. The number of phenolic OH excluding ortho intramolecular Hbond substituents is 2. The lowest BCUT2D eigenvalue weighted by Crippen LogP contribution is -2.30. The number of hydrogen-bond donors (Lipinski definition) is 4. The smallest absolute Gasteiger partial charge is 0.202 e. The molecule has 2 unspecified atom stereocenters. The van der Waals surface area contributed by atoms with Crippen LogP contribution in [0.5, 0.6) is 17.2 Å². The van der Waals surface area contributed by atoms with E-state index in [1.54, 1.807) is 7.11 Å². The van der Waals surface area contributed by atoms with E-state index in [-0.39, 0.29) is 46.4 Å².